The number of benzene rings is 2. The van der Waals surface area contributed by atoms with Crippen molar-refractivity contribution in [3.63, 3.8) is 0 Å². The molecule has 0 bridgehead atoms. The van der Waals surface area contributed by atoms with E-state index in [1.54, 1.807) is 23.5 Å². The smallest absolute Gasteiger partial charge is 0.160 e. The predicted molar refractivity (Wildman–Crippen MR) is 171 cm³/mol. The lowest BCUT2D eigenvalue weighted by Crippen LogP contribution is -2.20. The van der Waals surface area contributed by atoms with Crippen LogP contribution >= 0.6 is 23.5 Å². The van der Waals surface area contributed by atoms with Gasteiger partial charge in [0.1, 0.15) is 11.6 Å². The molecule has 0 fully saturated rings. The van der Waals surface area contributed by atoms with Gasteiger partial charge in [0.2, 0.25) is 0 Å². The van der Waals surface area contributed by atoms with Gasteiger partial charge < -0.3 is 10.6 Å². The molecule has 2 aromatic carbocycles. The lowest BCUT2D eigenvalue weighted by molar-refractivity contribution is 0.560. The van der Waals surface area contributed by atoms with Gasteiger partial charge in [0.15, 0.2) is 5.65 Å². The summed E-state index contributed by atoms with van der Waals surface area (Å²) in [5.41, 5.74) is 3.97. The summed E-state index contributed by atoms with van der Waals surface area (Å²) in [6.45, 7) is 15.7. The molecule has 0 unspecified atom stereocenters. The maximum atomic E-state index is 4.94. The van der Waals surface area contributed by atoms with E-state index in [0.29, 0.717) is 18.3 Å². The molecule has 0 saturated heterocycles. The number of anilines is 1. The second kappa shape index (κ2) is 12.0. The van der Waals surface area contributed by atoms with Crippen LogP contribution in [-0.4, -0.2) is 30.6 Å². The van der Waals surface area contributed by atoms with Crippen molar-refractivity contribution in [2.24, 2.45) is 0 Å². The van der Waals surface area contributed by atoms with Crippen LogP contribution in [0.4, 0.5) is 5.82 Å². The molecular formula is C32H37N7S2. The minimum absolute atomic E-state index is 0.0858. The lowest BCUT2D eigenvalue weighted by atomic mass is 9.92. The van der Waals surface area contributed by atoms with Gasteiger partial charge in [-0.1, -0.05) is 71.2 Å². The van der Waals surface area contributed by atoms with E-state index < -0.39 is 0 Å². The summed E-state index contributed by atoms with van der Waals surface area (Å²) in [5.74, 6) is 2.84. The summed E-state index contributed by atoms with van der Waals surface area (Å²) in [6, 6.07) is 23.1. The van der Waals surface area contributed by atoms with E-state index in [0.717, 1.165) is 33.6 Å². The van der Waals surface area contributed by atoms with Crippen LogP contribution in [0.5, 0.6) is 0 Å². The normalized spacial score (nSPS) is 11.8. The van der Waals surface area contributed by atoms with Crippen molar-refractivity contribution in [2.45, 2.75) is 67.2 Å². The van der Waals surface area contributed by atoms with Crippen molar-refractivity contribution >= 4 is 35.0 Å². The van der Waals surface area contributed by atoms with Crippen LogP contribution in [0.1, 0.15) is 57.6 Å². The molecule has 5 rings (SSSR count). The monoisotopic (exact) mass is 583 g/mol. The van der Waals surface area contributed by atoms with Gasteiger partial charge in [-0.25, -0.2) is 4.68 Å². The molecule has 212 valence electrons. The number of pyridine rings is 1. The number of rotatable bonds is 10. The average Bonchev–Trinajstić information content (AvgIpc) is 3.57. The Hall–Kier alpha value is -3.69. The molecule has 2 N–H and O–H groups in total. The van der Waals surface area contributed by atoms with Gasteiger partial charge in [0, 0.05) is 44.8 Å². The fraction of sp³-hybridized carbons (Fsp3) is 0.281. The zero-order valence-corrected chi connectivity index (χ0v) is 26.1. The van der Waals surface area contributed by atoms with Crippen LogP contribution in [-0.2, 0) is 12.0 Å². The van der Waals surface area contributed by atoms with E-state index in [9.17, 15) is 0 Å². The minimum Gasteiger partial charge on any atom is -0.368 e. The number of fused-ring (bicyclic) bond motifs is 1. The molecule has 0 aliphatic heterocycles. The second-order valence-electron chi connectivity index (χ2n) is 11.2. The number of hydrogen-bond donors (Lipinski definition) is 2. The average molecular weight is 584 g/mol. The Bertz CT molecular complexity index is 1660. The number of nitrogens with zero attached hydrogens (tertiary/aromatic N) is 5. The number of aromatic nitrogens is 5. The van der Waals surface area contributed by atoms with Gasteiger partial charge >= 0.3 is 0 Å². The van der Waals surface area contributed by atoms with Crippen molar-refractivity contribution in [2.75, 3.05) is 11.6 Å². The first-order valence-corrected chi connectivity index (χ1v) is 15.7. The van der Waals surface area contributed by atoms with E-state index in [1.165, 1.54) is 15.4 Å². The highest BCUT2D eigenvalue weighted by atomic mass is 32.2. The van der Waals surface area contributed by atoms with Gasteiger partial charge in [-0.15, -0.1) is 22.0 Å². The Labute approximate surface area is 250 Å². The highest BCUT2D eigenvalue weighted by Gasteiger charge is 2.21. The summed E-state index contributed by atoms with van der Waals surface area (Å²) in [7, 11) is 0. The van der Waals surface area contributed by atoms with Gasteiger partial charge in [-0.2, -0.15) is 5.10 Å². The Balaban J connectivity index is 1.32. The van der Waals surface area contributed by atoms with Gasteiger partial charge in [0.05, 0.1) is 17.2 Å². The Morgan fingerprint density at radius 3 is 2.41 bits per heavy atom. The van der Waals surface area contributed by atoms with Crippen molar-refractivity contribution in [3.8, 4) is 5.69 Å². The quantitative estimate of drug-likeness (QED) is 0.162. The fourth-order valence-corrected chi connectivity index (χ4v) is 5.75. The van der Waals surface area contributed by atoms with Gasteiger partial charge in [-0.05, 0) is 54.3 Å². The number of thioether (sulfide) groups is 1. The largest absolute Gasteiger partial charge is 0.368 e. The van der Waals surface area contributed by atoms with E-state index in [2.05, 4.69) is 140 Å². The summed E-state index contributed by atoms with van der Waals surface area (Å²) < 4.78 is 4.04. The molecule has 3 heterocycles. The molecule has 5 aromatic rings. The third-order valence-corrected chi connectivity index (χ3v) is 8.52. The molecule has 0 atom stereocenters. The van der Waals surface area contributed by atoms with E-state index in [1.807, 2.05) is 10.7 Å². The van der Waals surface area contributed by atoms with E-state index in [4.69, 9.17) is 5.10 Å². The van der Waals surface area contributed by atoms with Gasteiger partial charge in [-0.3, -0.25) is 4.40 Å². The molecule has 41 heavy (non-hydrogen) atoms. The Morgan fingerprint density at radius 1 is 0.976 bits per heavy atom. The molecule has 0 aliphatic carbocycles. The zero-order valence-electron chi connectivity index (χ0n) is 24.5. The first-order chi connectivity index (χ1) is 19.6. The Morgan fingerprint density at radius 2 is 1.71 bits per heavy atom. The summed E-state index contributed by atoms with van der Waals surface area (Å²) in [6.07, 6.45) is 4.21. The van der Waals surface area contributed by atoms with Crippen LogP contribution in [0.3, 0.4) is 0 Å². The number of nitrogens with one attached hydrogen (secondary N) is 2. The van der Waals surface area contributed by atoms with Crippen molar-refractivity contribution < 1.29 is 0 Å². The molecule has 0 radical (unpaired) electrons. The van der Waals surface area contributed by atoms with Gasteiger partial charge in [0.25, 0.3) is 0 Å². The minimum atomic E-state index is -0.0858. The molecule has 0 spiro atoms. The highest BCUT2D eigenvalue weighted by Crippen LogP contribution is 2.32. The third kappa shape index (κ3) is 6.63. The van der Waals surface area contributed by atoms with Crippen molar-refractivity contribution in [1.82, 2.24) is 29.7 Å². The summed E-state index contributed by atoms with van der Waals surface area (Å²) in [5, 5.41) is 20.6. The molecular weight excluding hydrogens is 547 g/mol. The lowest BCUT2D eigenvalue weighted by Gasteiger charge is -2.15. The molecule has 0 aliphatic rings. The molecule has 0 saturated carbocycles. The second-order valence-corrected chi connectivity index (χ2v) is 13.2. The van der Waals surface area contributed by atoms with Crippen molar-refractivity contribution in [1.29, 1.82) is 0 Å². The summed E-state index contributed by atoms with van der Waals surface area (Å²) in [4.78, 5) is 3.53. The topological polar surface area (TPSA) is 72.1 Å². The van der Waals surface area contributed by atoms with Crippen molar-refractivity contribution in [3.05, 3.63) is 102 Å². The van der Waals surface area contributed by atoms with Crippen LogP contribution in [0, 0.1) is 0 Å². The van der Waals surface area contributed by atoms with Crippen LogP contribution < -0.4 is 10.6 Å². The Kier molecular flexibility index (Phi) is 8.47. The van der Waals surface area contributed by atoms with E-state index in [-0.39, 0.29) is 5.41 Å². The van der Waals surface area contributed by atoms with Crippen LogP contribution in [0.25, 0.3) is 11.3 Å². The molecule has 3 aromatic heterocycles. The third-order valence-electron chi connectivity index (χ3n) is 6.68. The SMILES string of the molecule is C=C(NCc1ccccc1Sc1ccc2nnc(C(C)C)n2c1)Nc1cc(C(C)(C)C)nn1-c1ccc(SC)cc1. The van der Waals surface area contributed by atoms with E-state index >= 15 is 0 Å². The maximum Gasteiger partial charge on any atom is 0.160 e. The molecule has 0 amide bonds. The number of hydrogen-bond acceptors (Lipinski definition) is 7. The standard InChI is InChI=1S/C32H37N7S2/c1-21(2)31-36-35-29-17-16-26(20-38(29)31)41-27-11-9-8-10-23(27)19-33-22(3)34-30-18-28(32(4,5)6)37-39(30)24-12-14-25(40-7)15-13-24/h8-18,20-21,33-34H,3,19H2,1-2,4-7H3. The maximum absolute atomic E-state index is 4.94. The first-order valence-electron chi connectivity index (χ1n) is 13.7. The fourth-order valence-electron chi connectivity index (χ4n) is 4.38. The highest BCUT2D eigenvalue weighted by molar-refractivity contribution is 7.99. The van der Waals surface area contributed by atoms with Crippen LogP contribution in [0.15, 0.2) is 100 Å². The predicted octanol–water partition coefficient (Wildman–Crippen LogP) is 7.88. The summed E-state index contributed by atoms with van der Waals surface area (Å²) >= 11 is 3.46. The molecule has 7 nitrogen and oxygen atoms in total. The first kappa shape index (κ1) is 28.8. The van der Waals surface area contributed by atoms with Crippen LogP contribution in [0.2, 0.25) is 0 Å². The zero-order chi connectivity index (χ0) is 29.1. The molecule has 9 heteroatoms.